The first-order valence-corrected chi connectivity index (χ1v) is 5.17. The zero-order valence-electron chi connectivity index (χ0n) is 9.29. The number of para-hydroxylation sites is 1. The third-order valence-electron chi connectivity index (χ3n) is 2.13. The van der Waals surface area contributed by atoms with Gasteiger partial charge in [0.25, 0.3) is 0 Å². The van der Waals surface area contributed by atoms with Crippen LogP contribution in [0.15, 0.2) is 24.3 Å². The normalized spacial score (nSPS) is 10.3. The van der Waals surface area contributed by atoms with Crippen molar-refractivity contribution in [1.82, 2.24) is 0 Å². The third kappa shape index (κ3) is 3.62. The smallest absolute Gasteiger partial charge is 0.130 e. The summed E-state index contributed by atoms with van der Waals surface area (Å²) in [6, 6.07) is 7.38. The molecule has 0 unspecified atom stereocenters. The van der Waals surface area contributed by atoms with Crippen LogP contribution >= 0.6 is 0 Å². The van der Waals surface area contributed by atoms with Gasteiger partial charge in [-0.3, -0.25) is 5.41 Å². The summed E-state index contributed by atoms with van der Waals surface area (Å²) in [4.78, 5) is 0. The zero-order chi connectivity index (χ0) is 11.3. The summed E-state index contributed by atoms with van der Waals surface area (Å²) in [5.74, 6) is 1.37. The number of nitrogens with two attached hydrogens (primary N) is 1. The molecule has 0 heterocycles. The van der Waals surface area contributed by atoms with Crippen LogP contribution < -0.4 is 10.5 Å². The minimum absolute atomic E-state index is 0.0511. The van der Waals surface area contributed by atoms with Crippen molar-refractivity contribution in [1.29, 1.82) is 5.41 Å². The Morgan fingerprint density at radius 2 is 2.07 bits per heavy atom. The number of amidine groups is 1. The molecule has 0 aliphatic carbocycles. The van der Waals surface area contributed by atoms with E-state index in [1.165, 1.54) is 0 Å². The number of benzene rings is 1. The second kappa shape index (κ2) is 5.39. The van der Waals surface area contributed by atoms with Crippen LogP contribution in [0.5, 0.6) is 5.75 Å². The van der Waals surface area contributed by atoms with E-state index in [0.29, 0.717) is 23.8 Å². The van der Waals surface area contributed by atoms with Gasteiger partial charge in [0.15, 0.2) is 0 Å². The zero-order valence-corrected chi connectivity index (χ0v) is 9.29. The van der Waals surface area contributed by atoms with E-state index >= 15 is 0 Å². The Bertz CT molecular complexity index is 334. The highest BCUT2D eigenvalue weighted by atomic mass is 16.5. The lowest BCUT2D eigenvalue weighted by molar-refractivity contribution is 0.289. The van der Waals surface area contributed by atoms with Gasteiger partial charge in [-0.1, -0.05) is 26.0 Å². The predicted octanol–water partition coefficient (Wildman–Crippen LogP) is 2.40. The van der Waals surface area contributed by atoms with Crippen LogP contribution in [0.4, 0.5) is 0 Å². The van der Waals surface area contributed by atoms with Crippen LogP contribution in [0.2, 0.25) is 0 Å². The number of hydrogen-bond acceptors (Lipinski definition) is 2. The van der Waals surface area contributed by atoms with Crippen LogP contribution in [0.1, 0.15) is 25.8 Å². The lowest BCUT2D eigenvalue weighted by Gasteiger charge is -2.11. The molecule has 0 saturated carbocycles. The first-order valence-electron chi connectivity index (χ1n) is 5.17. The molecule has 0 aliphatic heterocycles. The minimum Gasteiger partial charge on any atom is -0.493 e. The number of ether oxygens (including phenoxy) is 1. The molecule has 1 aromatic rings. The van der Waals surface area contributed by atoms with E-state index in [-0.39, 0.29) is 5.84 Å². The first-order chi connectivity index (χ1) is 7.11. The lowest BCUT2D eigenvalue weighted by Crippen LogP contribution is -2.13. The van der Waals surface area contributed by atoms with Gasteiger partial charge in [0.2, 0.25) is 0 Å². The minimum atomic E-state index is 0.0511. The predicted molar refractivity (Wildman–Crippen MR) is 62.4 cm³/mol. The van der Waals surface area contributed by atoms with Crippen molar-refractivity contribution >= 4 is 5.84 Å². The molecule has 0 radical (unpaired) electrons. The highest BCUT2D eigenvalue weighted by Crippen LogP contribution is 2.17. The van der Waals surface area contributed by atoms with Gasteiger partial charge in [0.1, 0.15) is 11.6 Å². The third-order valence-corrected chi connectivity index (χ3v) is 2.13. The molecule has 0 bridgehead atoms. The van der Waals surface area contributed by atoms with Crippen molar-refractivity contribution < 1.29 is 4.74 Å². The van der Waals surface area contributed by atoms with Crippen molar-refractivity contribution in [3.63, 3.8) is 0 Å². The second-order valence-corrected chi connectivity index (χ2v) is 3.94. The molecular formula is C12H18N2O. The van der Waals surface area contributed by atoms with Gasteiger partial charge >= 0.3 is 0 Å². The molecule has 0 atom stereocenters. The molecule has 0 spiro atoms. The Balaban J connectivity index is 2.63. The fourth-order valence-electron chi connectivity index (χ4n) is 1.22. The van der Waals surface area contributed by atoms with Gasteiger partial charge in [-0.2, -0.15) is 0 Å². The Labute approximate surface area is 90.8 Å². The van der Waals surface area contributed by atoms with Crippen molar-refractivity contribution in [2.24, 2.45) is 11.7 Å². The molecule has 0 aromatic heterocycles. The standard InChI is InChI=1S/C12H18N2O/c1-9(2)7-8-15-11-6-4-3-5-10(11)12(13)14/h3-6,9H,7-8H2,1-2H3,(H3,13,14). The van der Waals surface area contributed by atoms with Gasteiger partial charge in [0, 0.05) is 0 Å². The van der Waals surface area contributed by atoms with Crippen molar-refractivity contribution in [3.8, 4) is 5.75 Å². The molecule has 0 saturated heterocycles. The average molecular weight is 206 g/mol. The van der Waals surface area contributed by atoms with Crippen LogP contribution in [0.3, 0.4) is 0 Å². The molecule has 1 rings (SSSR count). The van der Waals surface area contributed by atoms with E-state index in [4.69, 9.17) is 15.9 Å². The van der Waals surface area contributed by atoms with E-state index in [0.717, 1.165) is 6.42 Å². The molecular weight excluding hydrogens is 188 g/mol. The molecule has 0 fully saturated rings. The Morgan fingerprint density at radius 1 is 1.40 bits per heavy atom. The first kappa shape index (κ1) is 11.6. The van der Waals surface area contributed by atoms with Crippen molar-refractivity contribution in [3.05, 3.63) is 29.8 Å². The maximum atomic E-state index is 7.39. The summed E-state index contributed by atoms with van der Waals surface area (Å²) in [6.45, 7) is 4.97. The van der Waals surface area contributed by atoms with E-state index < -0.39 is 0 Å². The summed E-state index contributed by atoms with van der Waals surface area (Å²) < 4.78 is 5.59. The van der Waals surface area contributed by atoms with Crippen LogP contribution in [0, 0.1) is 11.3 Å². The van der Waals surface area contributed by atoms with Gasteiger partial charge in [-0.05, 0) is 24.5 Å². The van der Waals surface area contributed by atoms with Gasteiger partial charge in [0.05, 0.1) is 12.2 Å². The molecule has 82 valence electrons. The van der Waals surface area contributed by atoms with Crippen LogP contribution in [-0.2, 0) is 0 Å². The van der Waals surface area contributed by atoms with E-state index in [1.807, 2.05) is 18.2 Å². The van der Waals surface area contributed by atoms with E-state index in [9.17, 15) is 0 Å². The monoisotopic (exact) mass is 206 g/mol. The molecule has 15 heavy (non-hydrogen) atoms. The van der Waals surface area contributed by atoms with E-state index in [2.05, 4.69) is 13.8 Å². The largest absolute Gasteiger partial charge is 0.493 e. The number of hydrogen-bond donors (Lipinski definition) is 2. The Morgan fingerprint density at radius 3 is 2.67 bits per heavy atom. The summed E-state index contributed by atoms with van der Waals surface area (Å²) in [5, 5.41) is 7.39. The van der Waals surface area contributed by atoms with Gasteiger partial charge < -0.3 is 10.5 Å². The Kier molecular flexibility index (Phi) is 4.16. The summed E-state index contributed by atoms with van der Waals surface area (Å²) in [7, 11) is 0. The summed E-state index contributed by atoms with van der Waals surface area (Å²) in [5.41, 5.74) is 6.12. The SMILES string of the molecule is CC(C)CCOc1ccccc1C(=N)N. The number of nitrogens with one attached hydrogen (secondary N) is 1. The molecule has 0 amide bonds. The quantitative estimate of drug-likeness (QED) is 0.574. The van der Waals surface area contributed by atoms with Crippen molar-refractivity contribution in [2.45, 2.75) is 20.3 Å². The van der Waals surface area contributed by atoms with Crippen LogP contribution in [-0.4, -0.2) is 12.4 Å². The summed E-state index contributed by atoms with van der Waals surface area (Å²) in [6.07, 6.45) is 1.01. The topological polar surface area (TPSA) is 59.1 Å². The maximum Gasteiger partial charge on any atom is 0.130 e. The highest BCUT2D eigenvalue weighted by molar-refractivity contribution is 5.97. The second-order valence-electron chi connectivity index (χ2n) is 3.94. The van der Waals surface area contributed by atoms with Crippen LogP contribution in [0.25, 0.3) is 0 Å². The molecule has 3 N–H and O–H groups in total. The van der Waals surface area contributed by atoms with Gasteiger partial charge in [-0.25, -0.2) is 0 Å². The van der Waals surface area contributed by atoms with Gasteiger partial charge in [-0.15, -0.1) is 0 Å². The fourth-order valence-corrected chi connectivity index (χ4v) is 1.22. The lowest BCUT2D eigenvalue weighted by atomic mass is 10.1. The van der Waals surface area contributed by atoms with E-state index in [1.54, 1.807) is 6.07 Å². The average Bonchev–Trinajstić information content (AvgIpc) is 2.17. The highest BCUT2D eigenvalue weighted by Gasteiger charge is 2.05. The number of rotatable bonds is 5. The Hall–Kier alpha value is -1.51. The fraction of sp³-hybridized carbons (Fsp3) is 0.417. The maximum absolute atomic E-state index is 7.39. The summed E-state index contributed by atoms with van der Waals surface area (Å²) >= 11 is 0. The molecule has 1 aromatic carbocycles. The van der Waals surface area contributed by atoms with Crippen molar-refractivity contribution in [2.75, 3.05) is 6.61 Å². The molecule has 3 heteroatoms. The molecule has 0 aliphatic rings. The molecule has 3 nitrogen and oxygen atoms in total. The number of nitrogen functional groups attached to an aromatic ring is 1.